The zero-order valence-corrected chi connectivity index (χ0v) is 10.8. The molecule has 2 aliphatic rings. The largest absolute Gasteiger partial charge is 0.342 e. The van der Waals surface area contributed by atoms with Gasteiger partial charge in [0.2, 0.25) is 5.91 Å². The van der Waals surface area contributed by atoms with E-state index in [9.17, 15) is 4.79 Å². The summed E-state index contributed by atoms with van der Waals surface area (Å²) in [5, 5.41) is 10.7. The van der Waals surface area contributed by atoms with E-state index in [4.69, 9.17) is 0 Å². The van der Waals surface area contributed by atoms with Crippen LogP contribution in [0.2, 0.25) is 0 Å². The third-order valence-corrected chi connectivity index (χ3v) is 4.30. The zero-order valence-electron chi connectivity index (χ0n) is 10.8. The van der Waals surface area contributed by atoms with Crippen LogP contribution in [0.1, 0.15) is 44.2 Å². The Morgan fingerprint density at radius 3 is 3.00 bits per heavy atom. The molecule has 0 radical (unpaired) electrons. The number of rotatable bonds is 3. The number of hydrogen-bond acceptors (Lipinski definition) is 3. The Morgan fingerprint density at radius 2 is 2.33 bits per heavy atom. The van der Waals surface area contributed by atoms with E-state index in [1.807, 2.05) is 4.90 Å². The Morgan fingerprint density at radius 1 is 1.50 bits per heavy atom. The molecule has 5 heteroatoms. The summed E-state index contributed by atoms with van der Waals surface area (Å²) < 4.78 is 0. The summed E-state index contributed by atoms with van der Waals surface area (Å²) in [4.78, 5) is 14.4. The van der Waals surface area contributed by atoms with Crippen LogP contribution in [0, 0.1) is 11.8 Å². The van der Waals surface area contributed by atoms with E-state index in [1.54, 1.807) is 6.20 Å². The van der Waals surface area contributed by atoms with Crippen LogP contribution in [0.25, 0.3) is 0 Å². The van der Waals surface area contributed by atoms with Gasteiger partial charge in [-0.25, -0.2) is 0 Å². The maximum absolute atomic E-state index is 12.4. The molecule has 0 bridgehead atoms. The number of aromatic amines is 1. The second kappa shape index (κ2) is 4.71. The number of likely N-dealkylation sites (tertiary alicyclic amines) is 1. The summed E-state index contributed by atoms with van der Waals surface area (Å²) in [5.74, 6) is 1.55. The number of hydrogen-bond donors (Lipinski definition) is 1. The van der Waals surface area contributed by atoms with Crippen LogP contribution in [-0.2, 0) is 4.79 Å². The molecule has 1 saturated heterocycles. The fraction of sp³-hybridized carbons (Fsp3) is 0.769. The average Bonchev–Trinajstić information content (AvgIpc) is 3.12. The van der Waals surface area contributed by atoms with Crippen LogP contribution in [0.3, 0.4) is 0 Å². The van der Waals surface area contributed by atoms with Gasteiger partial charge in [-0.05, 0) is 31.6 Å². The molecule has 2 unspecified atom stereocenters. The molecule has 1 amide bonds. The fourth-order valence-electron chi connectivity index (χ4n) is 2.91. The predicted octanol–water partition coefficient (Wildman–Crippen LogP) is 1.56. The molecule has 2 heterocycles. The van der Waals surface area contributed by atoms with E-state index >= 15 is 0 Å². The highest BCUT2D eigenvalue weighted by Crippen LogP contribution is 2.38. The molecule has 1 aromatic rings. The normalized spacial score (nSPS) is 26.1. The van der Waals surface area contributed by atoms with Crippen molar-refractivity contribution >= 4 is 5.91 Å². The lowest BCUT2D eigenvalue weighted by Gasteiger charge is -2.33. The molecule has 0 aromatic carbocycles. The first-order chi connectivity index (χ1) is 8.75. The van der Waals surface area contributed by atoms with Gasteiger partial charge >= 0.3 is 0 Å². The zero-order chi connectivity index (χ0) is 12.5. The van der Waals surface area contributed by atoms with Crippen molar-refractivity contribution in [1.29, 1.82) is 0 Å². The molecule has 1 aliphatic carbocycles. The molecule has 0 spiro atoms. The highest BCUT2D eigenvalue weighted by molar-refractivity contribution is 5.79. The molecule has 18 heavy (non-hydrogen) atoms. The Balaban J connectivity index is 1.64. The summed E-state index contributed by atoms with van der Waals surface area (Å²) in [6, 6.07) is 0. The third kappa shape index (κ3) is 2.26. The van der Waals surface area contributed by atoms with Crippen molar-refractivity contribution in [2.45, 2.75) is 38.5 Å². The molecule has 5 nitrogen and oxygen atoms in total. The van der Waals surface area contributed by atoms with E-state index in [2.05, 4.69) is 22.3 Å². The van der Waals surface area contributed by atoms with Crippen LogP contribution >= 0.6 is 0 Å². The summed E-state index contributed by atoms with van der Waals surface area (Å²) >= 11 is 0. The van der Waals surface area contributed by atoms with Gasteiger partial charge < -0.3 is 4.90 Å². The summed E-state index contributed by atoms with van der Waals surface area (Å²) in [6.45, 7) is 3.80. The second-order valence-corrected chi connectivity index (χ2v) is 5.64. The van der Waals surface area contributed by atoms with Crippen LogP contribution in [-0.4, -0.2) is 39.3 Å². The Labute approximate surface area is 107 Å². The van der Waals surface area contributed by atoms with Crippen molar-refractivity contribution < 1.29 is 4.79 Å². The minimum Gasteiger partial charge on any atom is -0.342 e. The lowest BCUT2D eigenvalue weighted by molar-refractivity contribution is -0.136. The number of aromatic nitrogens is 3. The second-order valence-electron chi connectivity index (χ2n) is 5.64. The molecule has 1 saturated carbocycles. The van der Waals surface area contributed by atoms with Gasteiger partial charge in [0.05, 0.1) is 11.9 Å². The number of carbonyl (C=O) groups is 1. The van der Waals surface area contributed by atoms with Crippen LogP contribution < -0.4 is 0 Å². The minimum atomic E-state index is 0.209. The summed E-state index contributed by atoms with van der Waals surface area (Å²) in [6.07, 6.45) is 6.42. The van der Waals surface area contributed by atoms with Crippen molar-refractivity contribution in [3.63, 3.8) is 0 Å². The SMILES string of the molecule is CC(C(=O)N1CCCC(c2cn[nH]n2)C1)C1CC1. The predicted molar refractivity (Wildman–Crippen MR) is 66.8 cm³/mol. The van der Waals surface area contributed by atoms with Gasteiger partial charge in [0.1, 0.15) is 0 Å². The fourth-order valence-corrected chi connectivity index (χ4v) is 2.91. The number of amides is 1. The van der Waals surface area contributed by atoms with Crippen molar-refractivity contribution in [3.05, 3.63) is 11.9 Å². The molecule has 1 N–H and O–H groups in total. The topological polar surface area (TPSA) is 61.9 Å². The Bertz CT molecular complexity index is 413. The molecule has 2 atom stereocenters. The van der Waals surface area contributed by atoms with Gasteiger partial charge in [0.15, 0.2) is 0 Å². The monoisotopic (exact) mass is 248 g/mol. The first kappa shape index (κ1) is 11.7. The smallest absolute Gasteiger partial charge is 0.225 e. The lowest BCUT2D eigenvalue weighted by atomic mass is 9.93. The summed E-state index contributed by atoms with van der Waals surface area (Å²) in [7, 11) is 0. The van der Waals surface area contributed by atoms with Gasteiger partial charge in [-0.2, -0.15) is 15.4 Å². The van der Waals surface area contributed by atoms with Crippen molar-refractivity contribution in [1.82, 2.24) is 20.3 Å². The van der Waals surface area contributed by atoms with Gasteiger partial charge in [-0.15, -0.1) is 0 Å². The lowest BCUT2D eigenvalue weighted by Crippen LogP contribution is -2.42. The van der Waals surface area contributed by atoms with Crippen LogP contribution in [0.4, 0.5) is 0 Å². The van der Waals surface area contributed by atoms with Crippen LogP contribution in [0.15, 0.2) is 6.20 Å². The maximum atomic E-state index is 12.4. The average molecular weight is 248 g/mol. The van der Waals surface area contributed by atoms with Crippen LogP contribution in [0.5, 0.6) is 0 Å². The minimum absolute atomic E-state index is 0.209. The van der Waals surface area contributed by atoms with Gasteiger partial charge in [0, 0.05) is 24.9 Å². The van der Waals surface area contributed by atoms with Crippen molar-refractivity contribution in [2.24, 2.45) is 11.8 Å². The standard InChI is InChI=1S/C13H20N4O/c1-9(10-4-5-10)13(18)17-6-2-3-11(8-17)12-7-14-16-15-12/h7,9-11H,2-6,8H2,1H3,(H,14,15,16). The first-order valence-electron chi connectivity index (χ1n) is 6.90. The first-order valence-corrected chi connectivity index (χ1v) is 6.90. The van der Waals surface area contributed by atoms with Gasteiger partial charge in [-0.1, -0.05) is 6.92 Å². The molecule has 3 rings (SSSR count). The van der Waals surface area contributed by atoms with E-state index in [0.717, 1.165) is 31.6 Å². The van der Waals surface area contributed by atoms with E-state index in [-0.39, 0.29) is 5.92 Å². The summed E-state index contributed by atoms with van der Waals surface area (Å²) in [5.41, 5.74) is 0.992. The molecule has 1 aliphatic heterocycles. The molecule has 2 fully saturated rings. The highest BCUT2D eigenvalue weighted by atomic mass is 16.2. The Kier molecular flexibility index (Phi) is 3.06. The third-order valence-electron chi connectivity index (χ3n) is 4.30. The van der Waals surface area contributed by atoms with E-state index < -0.39 is 0 Å². The Hall–Kier alpha value is -1.39. The van der Waals surface area contributed by atoms with E-state index in [1.165, 1.54) is 12.8 Å². The van der Waals surface area contributed by atoms with Gasteiger partial charge in [0.25, 0.3) is 0 Å². The quantitative estimate of drug-likeness (QED) is 0.883. The molecular formula is C13H20N4O. The highest BCUT2D eigenvalue weighted by Gasteiger charge is 2.36. The maximum Gasteiger partial charge on any atom is 0.225 e. The molecular weight excluding hydrogens is 228 g/mol. The number of nitrogens with zero attached hydrogens (tertiary/aromatic N) is 3. The molecule has 1 aromatic heterocycles. The van der Waals surface area contributed by atoms with Crippen molar-refractivity contribution in [2.75, 3.05) is 13.1 Å². The number of piperidine rings is 1. The number of carbonyl (C=O) groups excluding carboxylic acids is 1. The van der Waals surface area contributed by atoms with Gasteiger partial charge in [-0.3, -0.25) is 4.79 Å². The molecule has 98 valence electrons. The number of H-pyrrole nitrogens is 1. The number of nitrogens with one attached hydrogen (secondary N) is 1. The van der Waals surface area contributed by atoms with E-state index in [0.29, 0.717) is 17.7 Å². The van der Waals surface area contributed by atoms with Crippen molar-refractivity contribution in [3.8, 4) is 0 Å².